The lowest BCUT2D eigenvalue weighted by molar-refractivity contribution is -0.139. The molecule has 1 saturated heterocycles. The maximum Gasteiger partial charge on any atom is 0.295 e. The molecule has 3 rings (SSSR count). The first-order valence-corrected chi connectivity index (χ1v) is 10.4. The molecule has 0 bridgehead atoms. The van der Waals surface area contributed by atoms with Crippen LogP contribution >= 0.6 is 22.9 Å². The number of thiophene rings is 1. The van der Waals surface area contributed by atoms with E-state index in [0.29, 0.717) is 22.9 Å². The minimum Gasteiger partial charge on any atom is -0.507 e. The van der Waals surface area contributed by atoms with Crippen LogP contribution in [0.5, 0.6) is 5.75 Å². The van der Waals surface area contributed by atoms with Crippen LogP contribution in [0.25, 0.3) is 5.76 Å². The highest BCUT2D eigenvalue weighted by Crippen LogP contribution is 2.41. The summed E-state index contributed by atoms with van der Waals surface area (Å²) in [4.78, 5) is 30.0. The van der Waals surface area contributed by atoms with Gasteiger partial charge in [-0.1, -0.05) is 17.7 Å². The van der Waals surface area contributed by atoms with Crippen molar-refractivity contribution in [2.45, 2.75) is 12.5 Å². The lowest BCUT2D eigenvalue weighted by Crippen LogP contribution is -2.32. The van der Waals surface area contributed by atoms with Gasteiger partial charge in [-0.2, -0.15) is 0 Å². The molecule has 1 unspecified atom stereocenters. The number of likely N-dealkylation sites (tertiary alicyclic amines) is 1. The summed E-state index contributed by atoms with van der Waals surface area (Å²) in [6.07, 6.45) is 0.719. The highest BCUT2D eigenvalue weighted by molar-refractivity contribution is 7.10. The largest absolute Gasteiger partial charge is 0.507 e. The van der Waals surface area contributed by atoms with E-state index >= 15 is 0 Å². The Balaban J connectivity index is 2.05. The van der Waals surface area contributed by atoms with Crippen molar-refractivity contribution in [2.75, 3.05) is 34.3 Å². The molecule has 1 aromatic carbocycles. The summed E-state index contributed by atoms with van der Waals surface area (Å²) in [5.41, 5.74) is 0.451. The summed E-state index contributed by atoms with van der Waals surface area (Å²) in [5, 5.41) is 13.2. The normalized spacial score (nSPS) is 18.7. The Hall–Kier alpha value is -2.35. The quantitative estimate of drug-likeness (QED) is 0.408. The van der Waals surface area contributed by atoms with Crippen LogP contribution < -0.4 is 4.74 Å². The van der Waals surface area contributed by atoms with Crippen LogP contribution in [-0.4, -0.2) is 60.9 Å². The van der Waals surface area contributed by atoms with E-state index in [4.69, 9.17) is 16.3 Å². The Morgan fingerprint density at radius 2 is 2.07 bits per heavy atom. The highest BCUT2D eigenvalue weighted by atomic mass is 35.5. The Morgan fingerprint density at radius 1 is 1.31 bits per heavy atom. The zero-order chi connectivity index (χ0) is 21.1. The number of benzene rings is 1. The molecule has 2 aromatic rings. The minimum atomic E-state index is -0.683. The van der Waals surface area contributed by atoms with Crippen molar-refractivity contribution in [1.29, 1.82) is 0 Å². The number of ether oxygens (including phenoxy) is 1. The number of Topliss-reactive ketones (excluding diaryl/α,β-unsaturated/α-hetero) is 1. The molecular formula is C21H23ClN2O4S. The monoisotopic (exact) mass is 434 g/mol. The highest BCUT2D eigenvalue weighted by Gasteiger charge is 2.46. The zero-order valence-corrected chi connectivity index (χ0v) is 18.1. The van der Waals surface area contributed by atoms with Gasteiger partial charge < -0.3 is 19.6 Å². The molecule has 1 aromatic heterocycles. The van der Waals surface area contributed by atoms with Crippen LogP contribution in [0.1, 0.15) is 22.9 Å². The van der Waals surface area contributed by atoms with Crippen molar-refractivity contribution in [1.82, 2.24) is 9.80 Å². The first-order chi connectivity index (χ1) is 13.8. The van der Waals surface area contributed by atoms with Gasteiger partial charge in [-0.15, -0.1) is 11.3 Å². The molecule has 2 heterocycles. The average molecular weight is 435 g/mol. The van der Waals surface area contributed by atoms with Crippen LogP contribution in [0.4, 0.5) is 0 Å². The van der Waals surface area contributed by atoms with Gasteiger partial charge in [0.05, 0.1) is 23.7 Å². The minimum absolute atomic E-state index is 0.0866. The number of hydrogen-bond donors (Lipinski definition) is 1. The lowest BCUT2D eigenvalue weighted by Gasteiger charge is -2.24. The fourth-order valence-corrected chi connectivity index (χ4v) is 4.48. The third-order valence-corrected chi connectivity index (χ3v) is 6.00. The lowest BCUT2D eigenvalue weighted by atomic mass is 9.99. The predicted molar refractivity (Wildman–Crippen MR) is 115 cm³/mol. The molecule has 1 N–H and O–H groups in total. The number of amides is 1. The second-order valence-electron chi connectivity index (χ2n) is 7.01. The average Bonchev–Trinajstić information content (AvgIpc) is 3.29. The van der Waals surface area contributed by atoms with Crippen LogP contribution in [0.3, 0.4) is 0 Å². The summed E-state index contributed by atoms with van der Waals surface area (Å²) in [7, 11) is 5.41. The van der Waals surface area contributed by atoms with Crippen molar-refractivity contribution < 1.29 is 19.4 Å². The van der Waals surface area contributed by atoms with Gasteiger partial charge in [-0.3, -0.25) is 9.59 Å². The van der Waals surface area contributed by atoms with Gasteiger partial charge in [0.25, 0.3) is 11.7 Å². The van der Waals surface area contributed by atoms with Crippen molar-refractivity contribution in [3.63, 3.8) is 0 Å². The van der Waals surface area contributed by atoms with Gasteiger partial charge in [0.15, 0.2) is 0 Å². The van der Waals surface area contributed by atoms with E-state index in [0.717, 1.165) is 17.8 Å². The van der Waals surface area contributed by atoms with Crippen molar-refractivity contribution in [2.24, 2.45) is 0 Å². The maximum atomic E-state index is 12.9. The van der Waals surface area contributed by atoms with Gasteiger partial charge >= 0.3 is 0 Å². The number of methoxy groups -OCH3 is 1. The number of carbonyl (C=O) groups excluding carboxylic acids is 2. The van der Waals surface area contributed by atoms with E-state index < -0.39 is 17.7 Å². The summed E-state index contributed by atoms with van der Waals surface area (Å²) in [5.74, 6) is -1.05. The Bertz CT molecular complexity index is 940. The number of aliphatic hydroxyl groups excluding tert-OH is 1. The summed E-state index contributed by atoms with van der Waals surface area (Å²) in [6, 6.07) is 7.88. The fourth-order valence-electron chi connectivity index (χ4n) is 3.38. The van der Waals surface area contributed by atoms with E-state index in [9.17, 15) is 14.7 Å². The molecule has 0 radical (unpaired) electrons. The SMILES string of the molecule is COc1ccc(/C(O)=C2/C(=O)C(=O)N(CCCN(C)C)C2c2cccs2)cc1Cl. The Labute approximate surface area is 179 Å². The molecule has 0 aliphatic carbocycles. The van der Waals surface area contributed by atoms with Gasteiger partial charge in [-0.05, 0) is 56.7 Å². The van der Waals surface area contributed by atoms with Gasteiger partial charge in [0.1, 0.15) is 11.5 Å². The molecule has 29 heavy (non-hydrogen) atoms. The van der Waals surface area contributed by atoms with Gasteiger partial charge in [0, 0.05) is 17.0 Å². The first-order valence-electron chi connectivity index (χ1n) is 9.15. The molecule has 8 heteroatoms. The standard InChI is InChI=1S/C21H23ClN2O4S/c1-23(2)9-5-10-24-18(16-6-4-11-29-16)17(20(26)21(24)27)19(25)13-7-8-15(28-3)14(22)12-13/h4,6-8,11-12,18,25H,5,9-10H2,1-3H3/b19-17-. The molecule has 154 valence electrons. The Morgan fingerprint density at radius 3 is 2.66 bits per heavy atom. The van der Waals surface area contributed by atoms with Crippen molar-refractivity contribution >= 4 is 40.4 Å². The molecular weight excluding hydrogens is 412 g/mol. The number of nitrogens with zero attached hydrogens (tertiary/aromatic N) is 2. The molecule has 1 fully saturated rings. The second-order valence-corrected chi connectivity index (χ2v) is 8.40. The number of carbonyl (C=O) groups is 2. The number of halogens is 1. The molecule has 1 amide bonds. The topological polar surface area (TPSA) is 70.1 Å². The zero-order valence-electron chi connectivity index (χ0n) is 16.5. The third kappa shape index (κ3) is 4.32. The number of ketones is 1. The van der Waals surface area contributed by atoms with Gasteiger partial charge in [-0.25, -0.2) is 0 Å². The molecule has 1 atom stereocenters. The van der Waals surface area contributed by atoms with Gasteiger partial charge in [0.2, 0.25) is 0 Å². The Kier molecular flexibility index (Phi) is 6.62. The van der Waals surface area contributed by atoms with E-state index in [1.54, 1.807) is 17.0 Å². The third-order valence-electron chi connectivity index (χ3n) is 4.78. The van der Waals surface area contributed by atoms with E-state index in [2.05, 4.69) is 0 Å². The molecule has 1 aliphatic heterocycles. The summed E-state index contributed by atoms with van der Waals surface area (Å²) in [6.45, 7) is 1.21. The van der Waals surface area contributed by atoms with Crippen LogP contribution in [0, 0.1) is 0 Å². The van der Waals surface area contributed by atoms with E-state index in [-0.39, 0.29) is 11.3 Å². The van der Waals surface area contributed by atoms with Crippen molar-refractivity contribution in [3.8, 4) is 5.75 Å². The molecule has 1 aliphatic rings. The predicted octanol–water partition coefficient (Wildman–Crippen LogP) is 3.78. The molecule has 0 saturated carbocycles. The summed E-state index contributed by atoms with van der Waals surface area (Å²) >= 11 is 7.63. The molecule has 6 nitrogen and oxygen atoms in total. The maximum absolute atomic E-state index is 12.9. The number of rotatable bonds is 7. The van der Waals surface area contributed by atoms with Crippen LogP contribution in [0.2, 0.25) is 5.02 Å². The van der Waals surface area contributed by atoms with Crippen molar-refractivity contribution in [3.05, 3.63) is 56.7 Å². The van der Waals surface area contributed by atoms with Crippen LogP contribution in [0.15, 0.2) is 41.3 Å². The smallest absolute Gasteiger partial charge is 0.295 e. The second kappa shape index (κ2) is 8.98. The number of hydrogen-bond acceptors (Lipinski definition) is 6. The summed E-state index contributed by atoms with van der Waals surface area (Å²) < 4.78 is 5.14. The van der Waals surface area contributed by atoms with Crippen LogP contribution in [-0.2, 0) is 9.59 Å². The van der Waals surface area contributed by atoms with E-state index in [1.165, 1.54) is 24.5 Å². The van der Waals surface area contributed by atoms with E-state index in [1.807, 2.05) is 36.5 Å². The molecule has 0 spiro atoms. The fraction of sp³-hybridized carbons (Fsp3) is 0.333. The first kappa shape index (κ1) is 21.4. The number of aliphatic hydroxyl groups is 1.